The largest absolute Gasteiger partial charge is 0.476 e. The summed E-state index contributed by atoms with van der Waals surface area (Å²) in [5, 5.41) is 14.2. The molecule has 6 nitrogen and oxygen atoms in total. The van der Waals surface area contributed by atoms with E-state index in [1.807, 2.05) is 0 Å². The van der Waals surface area contributed by atoms with Crippen LogP contribution in [0.3, 0.4) is 0 Å². The molecule has 1 aliphatic heterocycles. The molecule has 0 spiro atoms. The lowest BCUT2D eigenvalue weighted by molar-refractivity contribution is -0.149. The highest BCUT2D eigenvalue weighted by Gasteiger charge is 2.24. The van der Waals surface area contributed by atoms with Crippen LogP contribution in [0.2, 0.25) is 0 Å². The third-order valence-corrected chi connectivity index (χ3v) is 2.72. The molecule has 1 aromatic carbocycles. The number of amides is 1. The fourth-order valence-electron chi connectivity index (χ4n) is 1.82. The lowest BCUT2D eigenvalue weighted by Gasteiger charge is -2.13. The van der Waals surface area contributed by atoms with Gasteiger partial charge in [0.05, 0.1) is 11.6 Å². The van der Waals surface area contributed by atoms with Gasteiger partial charge in [-0.1, -0.05) is 12.1 Å². The Labute approximate surface area is 103 Å². The second-order valence-corrected chi connectivity index (χ2v) is 4.03. The molecule has 1 aliphatic rings. The first-order valence-electron chi connectivity index (χ1n) is 5.48. The van der Waals surface area contributed by atoms with Gasteiger partial charge in [0.1, 0.15) is 0 Å². The lowest BCUT2D eigenvalue weighted by Crippen LogP contribution is -2.39. The van der Waals surface area contributed by atoms with Gasteiger partial charge in [-0.05, 0) is 12.1 Å². The Morgan fingerprint density at radius 2 is 2.06 bits per heavy atom. The smallest absolute Gasteiger partial charge is 0.372 e. The quantitative estimate of drug-likeness (QED) is 0.667. The normalized spacial score (nSPS) is 18.0. The lowest BCUT2D eigenvalue weighted by atomic mass is 10.1. The number of nitrogens with one attached hydrogen (secondary N) is 2. The molecule has 94 valence electrons. The van der Waals surface area contributed by atoms with Crippen molar-refractivity contribution in [2.75, 3.05) is 11.9 Å². The van der Waals surface area contributed by atoms with Gasteiger partial charge >= 0.3 is 5.97 Å². The Hall–Kier alpha value is -2.37. The van der Waals surface area contributed by atoms with Crippen molar-refractivity contribution in [3.63, 3.8) is 0 Å². The maximum Gasteiger partial charge on any atom is 0.372 e. The van der Waals surface area contributed by atoms with Crippen LogP contribution in [0, 0.1) is 0 Å². The van der Waals surface area contributed by atoms with Crippen LogP contribution in [0.4, 0.5) is 5.69 Å². The van der Waals surface area contributed by atoms with Crippen molar-refractivity contribution in [1.29, 1.82) is 0 Å². The average molecular weight is 248 g/mol. The van der Waals surface area contributed by atoms with Crippen LogP contribution in [0.1, 0.15) is 16.8 Å². The monoisotopic (exact) mass is 248 g/mol. The van der Waals surface area contributed by atoms with Crippen LogP contribution < -0.4 is 10.6 Å². The SMILES string of the molecule is O=C(O)C(=O)C[C@@H]1CNc2ccccc2C(=O)N1. The first-order valence-corrected chi connectivity index (χ1v) is 5.48. The molecule has 6 heteroatoms. The van der Waals surface area contributed by atoms with Crippen molar-refractivity contribution in [3.8, 4) is 0 Å². The number of aliphatic carboxylic acids is 1. The molecule has 0 bridgehead atoms. The van der Waals surface area contributed by atoms with E-state index in [0.29, 0.717) is 17.8 Å². The zero-order valence-electron chi connectivity index (χ0n) is 9.47. The van der Waals surface area contributed by atoms with E-state index in [-0.39, 0.29) is 12.3 Å². The minimum atomic E-state index is -1.48. The minimum Gasteiger partial charge on any atom is -0.476 e. The van der Waals surface area contributed by atoms with Crippen molar-refractivity contribution >= 4 is 23.3 Å². The molecule has 18 heavy (non-hydrogen) atoms. The summed E-state index contributed by atoms with van der Waals surface area (Å²) in [7, 11) is 0. The van der Waals surface area contributed by atoms with E-state index >= 15 is 0 Å². The van der Waals surface area contributed by atoms with Crippen LogP contribution in [-0.4, -0.2) is 35.4 Å². The molecule has 3 N–H and O–H groups in total. The Morgan fingerprint density at radius 3 is 2.78 bits per heavy atom. The van der Waals surface area contributed by atoms with E-state index in [1.54, 1.807) is 24.3 Å². The van der Waals surface area contributed by atoms with Crippen molar-refractivity contribution < 1.29 is 19.5 Å². The number of rotatable bonds is 3. The van der Waals surface area contributed by atoms with E-state index in [2.05, 4.69) is 10.6 Å². The third kappa shape index (κ3) is 2.48. The molecule has 0 radical (unpaired) electrons. The maximum atomic E-state index is 11.9. The van der Waals surface area contributed by atoms with Crippen molar-refractivity contribution in [2.45, 2.75) is 12.5 Å². The summed E-state index contributed by atoms with van der Waals surface area (Å²) in [5.74, 6) is -2.70. The predicted molar refractivity (Wildman–Crippen MR) is 63.4 cm³/mol. The molecular formula is C12H12N2O4. The number of hydrogen-bond acceptors (Lipinski definition) is 4. The molecule has 1 heterocycles. The van der Waals surface area contributed by atoms with Gasteiger partial charge in [-0.2, -0.15) is 0 Å². The number of carboxylic acid groups (broad SMARTS) is 1. The van der Waals surface area contributed by atoms with Crippen LogP contribution in [0.25, 0.3) is 0 Å². The Kier molecular flexibility index (Phi) is 3.27. The van der Waals surface area contributed by atoms with Crippen molar-refractivity contribution in [3.05, 3.63) is 29.8 Å². The second-order valence-electron chi connectivity index (χ2n) is 4.03. The van der Waals surface area contributed by atoms with Crippen LogP contribution in [-0.2, 0) is 9.59 Å². The summed E-state index contributed by atoms with van der Waals surface area (Å²) in [5.41, 5.74) is 1.17. The summed E-state index contributed by atoms with van der Waals surface area (Å²) >= 11 is 0. The summed E-state index contributed by atoms with van der Waals surface area (Å²) in [6.07, 6.45) is -0.220. The van der Waals surface area contributed by atoms with Gasteiger partial charge < -0.3 is 15.7 Å². The molecule has 0 fully saturated rings. The molecule has 0 saturated heterocycles. The van der Waals surface area contributed by atoms with Gasteiger partial charge in [-0.25, -0.2) is 4.79 Å². The predicted octanol–water partition coefficient (Wildman–Crippen LogP) is 0.254. The third-order valence-electron chi connectivity index (χ3n) is 2.72. The van der Waals surface area contributed by atoms with Gasteiger partial charge in [-0.15, -0.1) is 0 Å². The first-order chi connectivity index (χ1) is 8.58. The van der Waals surface area contributed by atoms with E-state index in [4.69, 9.17) is 5.11 Å². The highest BCUT2D eigenvalue weighted by atomic mass is 16.4. The van der Waals surface area contributed by atoms with Crippen LogP contribution in [0.5, 0.6) is 0 Å². The Morgan fingerprint density at radius 1 is 1.33 bits per heavy atom. The fourth-order valence-corrected chi connectivity index (χ4v) is 1.82. The van der Waals surface area contributed by atoms with E-state index < -0.39 is 17.8 Å². The topological polar surface area (TPSA) is 95.5 Å². The highest BCUT2D eigenvalue weighted by molar-refractivity contribution is 6.32. The number of carboxylic acids is 1. The number of benzene rings is 1. The molecule has 1 aromatic rings. The molecule has 1 atom stereocenters. The van der Waals surface area contributed by atoms with E-state index in [0.717, 1.165) is 0 Å². The zero-order valence-corrected chi connectivity index (χ0v) is 9.47. The number of Topliss-reactive ketones (excluding diaryl/α,β-unsaturated/α-hetero) is 1. The summed E-state index contributed by atoms with van der Waals surface area (Å²) < 4.78 is 0. The molecule has 0 unspecified atom stereocenters. The number of anilines is 1. The van der Waals surface area contributed by atoms with Crippen LogP contribution in [0.15, 0.2) is 24.3 Å². The number of para-hydroxylation sites is 1. The van der Waals surface area contributed by atoms with Gasteiger partial charge in [0.15, 0.2) is 0 Å². The van der Waals surface area contributed by atoms with Gasteiger partial charge in [0.25, 0.3) is 5.91 Å². The fraction of sp³-hybridized carbons (Fsp3) is 0.250. The minimum absolute atomic E-state index is 0.220. The summed E-state index contributed by atoms with van der Waals surface area (Å²) in [4.78, 5) is 33.5. The van der Waals surface area contributed by atoms with Gasteiger partial charge in [-0.3, -0.25) is 9.59 Å². The standard InChI is InChI=1S/C12H12N2O4/c15-10(12(17)18)5-7-6-13-9-4-2-1-3-8(9)11(16)14-7/h1-4,7,13H,5-6H2,(H,14,16)(H,17,18)/t7-/m1/s1. The molecular weight excluding hydrogens is 236 g/mol. The Balaban J connectivity index is 2.12. The van der Waals surface area contributed by atoms with E-state index in [1.165, 1.54) is 0 Å². The van der Waals surface area contributed by atoms with E-state index in [9.17, 15) is 14.4 Å². The number of carbonyl (C=O) groups is 3. The first kappa shape index (κ1) is 12.1. The molecule has 0 aromatic heterocycles. The number of ketones is 1. The zero-order chi connectivity index (χ0) is 13.1. The number of hydrogen-bond donors (Lipinski definition) is 3. The van der Waals surface area contributed by atoms with Gasteiger partial charge in [0.2, 0.25) is 5.78 Å². The molecule has 0 aliphatic carbocycles. The molecule has 2 rings (SSSR count). The van der Waals surface area contributed by atoms with Crippen molar-refractivity contribution in [1.82, 2.24) is 5.32 Å². The van der Waals surface area contributed by atoms with Crippen LogP contribution >= 0.6 is 0 Å². The summed E-state index contributed by atoms with van der Waals surface area (Å²) in [6.45, 7) is 0.321. The number of fused-ring (bicyclic) bond motifs is 1. The average Bonchev–Trinajstić information content (AvgIpc) is 2.50. The maximum absolute atomic E-state index is 11.9. The molecule has 1 amide bonds. The second kappa shape index (κ2) is 4.87. The van der Waals surface area contributed by atoms with Gasteiger partial charge in [0, 0.05) is 18.7 Å². The highest BCUT2D eigenvalue weighted by Crippen LogP contribution is 2.18. The van der Waals surface area contributed by atoms with Crippen molar-refractivity contribution in [2.24, 2.45) is 0 Å². The Bertz CT molecular complexity index is 513. The number of carbonyl (C=O) groups excluding carboxylic acids is 2. The molecule has 0 saturated carbocycles. The summed E-state index contributed by atoms with van der Waals surface area (Å²) in [6, 6.07) is 6.44.